The Morgan fingerprint density at radius 2 is 1.88 bits per heavy atom. The molecule has 0 aromatic heterocycles. The molecule has 0 bridgehead atoms. The molecular weight excluding hydrogens is 518 g/mol. The summed E-state index contributed by atoms with van der Waals surface area (Å²) in [6.07, 6.45) is 2.45. The predicted octanol–water partition coefficient (Wildman–Crippen LogP) is 6.21. The van der Waals surface area contributed by atoms with Crippen LogP contribution in [0.5, 0.6) is 11.5 Å². The maximum atomic E-state index is 12.8. The molecule has 2 aromatic rings. The fourth-order valence-corrected chi connectivity index (χ4v) is 4.48. The van der Waals surface area contributed by atoms with Crippen LogP contribution in [0.3, 0.4) is 0 Å². The van der Waals surface area contributed by atoms with Gasteiger partial charge in [-0.05, 0) is 89.1 Å². The average Bonchev–Trinajstić information content (AvgIpc) is 3.01. The highest BCUT2D eigenvalue weighted by molar-refractivity contribution is 9.10. The first-order valence-corrected chi connectivity index (χ1v) is 12.0. The quantitative estimate of drug-likeness (QED) is 0.279. The zero-order chi connectivity index (χ0) is 23.3. The number of halogens is 2. The van der Waals surface area contributed by atoms with Gasteiger partial charge in [0.25, 0.3) is 11.1 Å². The molecular formula is C23H21BrClNO5S. The van der Waals surface area contributed by atoms with Crippen LogP contribution >= 0.6 is 39.3 Å². The van der Waals surface area contributed by atoms with Gasteiger partial charge < -0.3 is 9.47 Å². The molecule has 3 rings (SSSR count). The smallest absolute Gasteiger partial charge is 0.293 e. The van der Waals surface area contributed by atoms with Crippen LogP contribution in [-0.2, 0) is 4.79 Å². The summed E-state index contributed by atoms with van der Waals surface area (Å²) in [7, 11) is 0. The largest absolute Gasteiger partial charge is 0.490 e. The highest BCUT2D eigenvalue weighted by atomic mass is 79.9. The Hall–Kier alpha value is -2.29. The number of ketones is 1. The number of imide groups is 1. The van der Waals surface area contributed by atoms with Crippen LogP contribution in [0.25, 0.3) is 6.08 Å². The Labute approximate surface area is 204 Å². The second-order valence-corrected chi connectivity index (χ2v) is 9.09. The van der Waals surface area contributed by atoms with Gasteiger partial charge in [-0.3, -0.25) is 19.3 Å². The Morgan fingerprint density at radius 3 is 2.53 bits per heavy atom. The van der Waals surface area contributed by atoms with E-state index in [1.165, 1.54) is 0 Å². The summed E-state index contributed by atoms with van der Waals surface area (Å²) in [5.74, 6) is 0.276. The lowest BCUT2D eigenvalue weighted by molar-refractivity contribution is -0.122. The Morgan fingerprint density at radius 1 is 1.16 bits per heavy atom. The van der Waals surface area contributed by atoms with Crippen LogP contribution in [0.4, 0.5) is 4.79 Å². The molecule has 32 heavy (non-hydrogen) atoms. The van der Waals surface area contributed by atoms with E-state index in [9.17, 15) is 14.4 Å². The Balaban J connectivity index is 1.82. The number of carbonyl (C=O) groups is 3. The van der Waals surface area contributed by atoms with Gasteiger partial charge in [0.1, 0.15) is 0 Å². The summed E-state index contributed by atoms with van der Waals surface area (Å²) in [6.45, 7) is 4.53. The van der Waals surface area contributed by atoms with E-state index < -0.39 is 11.1 Å². The number of carbonyl (C=O) groups excluding carboxylic acids is 3. The SMILES string of the molecule is CCCOc1c(Br)cc(/C=C2\SC(=O)N(CC(=O)c3ccc(Cl)cc3)C2=O)cc1OCC. The van der Waals surface area contributed by atoms with Crippen molar-refractivity contribution in [2.24, 2.45) is 0 Å². The molecule has 0 aliphatic carbocycles. The lowest BCUT2D eigenvalue weighted by Crippen LogP contribution is -2.33. The van der Waals surface area contributed by atoms with Crippen LogP contribution in [0, 0.1) is 0 Å². The molecule has 1 saturated heterocycles. The Kier molecular flexibility index (Phi) is 8.39. The second-order valence-electron chi connectivity index (χ2n) is 6.81. The van der Waals surface area contributed by atoms with Crippen LogP contribution in [0.2, 0.25) is 5.02 Å². The number of benzene rings is 2. The third kappa shape index (κ3) is 5.74. The van der Waals surface area contributed by atoms with Crippen LogP contribution in [0.1, 0.15) is 36.2 Å². The van der Waals surface area contributed by atoms with Crippen molar-refractivity contribution in [3.05, 3.63) is 61.9 Å². The molecule has 1 fully saturated rings. The predicted molar refractivity (Wildman–Crippen MR) is 130 cm³/mol. The van der Waals surface area contributed by atoms with Crippen molar-refractivity contribution in [3.63, 3.8) is 0 Å². The van der Waals surface area contributed by atoms with Crippen molar-refractivity contribution < 1.29 is 23.9 Å². The van der Waals surface area contributed by atoms with Gasteiger partial charge in [0.05, 0.1) is 29.1 Å². The molecule has 0 unspecified atom stereocenters. The molecule has 168 valence electrons. The topological polar surface area (TPSA) is 72.9 Å². The second kappa shape index (κ2) is 11.0. The highest BCUT2D eigenvalue weighted by Gasteiger charge is 2.36. The van der Waals surface area contributed by atoms with E-state index in [-0.39, 0.29) is 17.2 Å². The van der Waals surface area contributed by atoms with Crippen molar-refractivity contribution in [2.45, 2.75) is 20.3 Å². The van der Waals surface area contributed by atoms with Gasteiger partial charge in [0.15, 0.2) is 17.3 Å². The molecule has 0 atom stereocenters. The lowest BCUT2D eigenvalue weighted by Gasteiger charge is -2.14. The van der Waals surface area contributed by atoms with Crippen molar-refractivity contribution >= 4 is 62.3 Å². The summed E-state index contributed by atoms with van der Waals surface area (Å²) in [4.78, 5) is 38.9. The third-order valence-corrected chi connectivity index (χ3v) is 6.17. The van der Waals surface area contributed by atoms with Gasteiger partial charge >= 0.3 is 0 Å². The molecule has 0 N–H and O–H groups in total. The number of Topliss-reactive ketones (excluding diaryl/α,β-unsaturated/α-hetero) is 1. The number of thioether (sulfide) groups is 1. The van der Waals surface area contributed by atoms with Gasteiger partial charge in [0.2, 0.25) is 0 Å². The number of rotatable bonds is 9. The van der Waals surface area contributed by atoms with Crippen molar-refractivity contribution in [3.8, 4) is 11.5 Å². The summed E-state index contributed by atoms with van der Waals surface area (Å²) in [6, 6.07) is 9.85. The lowest BCUT2D eigenvalue weighted by atomic mass is 10.1. The molecule has 1 aliphatic rings. The first kappa shape index (κ1) is 24.4. The number of hydrogen-bond donors (Lipinski definition) is 0. The number of ether oxygens (including phenoxy) is 2. The van der Waals surface area contributed by atoms with Crippen LogP contribution in [0.15, 0.2) is 45.8 Å². The fraction of sp³-hybridized carbons (Fsp3) is 0.261. The van der Waals surface area contributed by atoms with Gasteiger partial charge in [-0.15, -0.1) is 0 Å². The molecule has 1 heterocycles. The third-order valence-electron chi connectivity index (χ3n) is 4.42. The van der Waals surface area contributed by atoms with Gasteiger partial charge in [0, 0.05) is 10.6 Å². The number of amides is 2. The minimum atomic E-state index is -0.511. The van der Waals surface area contributed by atoms with E-state index in [0.29, 0.717) is 45.3 Å². The van der Waals surface area contributed by atoms with E-state index in [0.717, 1.165) is 23.1 Å². The summed E-state index contributed by atoms with van der Waals surface area (Å²) in [5.41, 5.74) is 1.05. The highest BCUT2D eigenvalue weighted by Crippen LogP contribution is 2.39. The molecule has 0 radical (unpaired) electrons. The number of hydrogen-bond acceptors (Lipinski definition) is 6. The van der Waals surface area contributed by atoms with Crippen LogP contribution < -0.4 is 9.47 Å². The molecule has 0 saturated carbocycles. The average molecular weight is 539 g/mol. The molecule has 2 aromatic carbocycles. The monoisotopic (exact) mass is 537 g/mol. The normalized spacial score (nSPS) is 14.9. The van der Waals surface area contributed by atoms with Gasteiger partial charge in [-0.2, -0.15) is 0 Å². The van der Waals surface area contributed by atoms with Crippen molar-refractivity contribution in [1.29, 1.82) is 0 Å². The van der Waals surface area contributed by atoms with E-state index >= 15 is 0 Å². The van der Waals surface area contributed by atoms with Gasteiger partial charge in [-0.1, -0.05) is 18.5 Å². The Bertz CT molecular complexity index is 1070. The zero-order valence-corrected chi connectivity index (χ0v) is 20.7. The molecule has 2 amide bonds. The van der Waals surface area contributed by atoms with Crippen molar-refractivity contribution in [2.75, 3.05) is 19.8 Å². The standard InChI is InChI=1S/C23H21BrClNO5S/c1-3-9-31-21-17(24)10-14(11-19(21)30-4-2)12-20-22(28)26(23(29)32-20)13-18(27)15-5-7-16(25)8-6-15/h5-8,10-12H,3-4,9,13H2,1-2H3/b20-12-. The minimum Gasteiger partial charge on any atom is -0.490 e. The molecule has 9 heteroatoms. The van der Waals surface area contributed by atoms with E-state index in [1.807, 2.05) is 13.8 Å². The molecule has 0 spiro atoms. The zero-order valence-electron chi connectivity index (χ0n) is 17.5. The van der Waals surface area contributed by atoms with Crippen LogP contribution in [-0.4, -0.2) is 41.6 Å². The maximum absolute atomic E-state index is 12.8. The first-order chi connectivity index (χ1) is 15.3. The summed E-state index contributed by atoms with van der Waals surface area (Å²) < 4.78 is 12.1. The molecule has 6 nitrogen and oxygen atoms in total. The van der Waals surface area contributed by atoms with E-state index in [4.69, 9.17) is 21.1 Å². The minimum absolute atomic E-state index is 0.232. The number of nitrogens with zero attached hydrogens (tertiary/aromatic N) is 1. The summed E-state index contributed by atoms with van der Waals surface area (Å²) >= 11 is 10.1. The van der Waals surface area contributed by atoms with E-state index in [2.05, 4.69) is 15.9 Å². The fourth-order valence-electron chi connectivity index (χ4n) is 2.94. The molecule has 1 aliphatic heterocycles. The first-order valence-electron chi connectivity index (χ1n) is 9.97. The summed E-state index contributed by atoms with van der Waals surface area (Å²) in [5, 5.41) is 0.00917. The van der Waals surface area contributed by atoms with Gasteiger partial charge in [-0.25, -0.2) is 0 Å². The maximum Gasteiger partial charge on any atom is 0.293 e. The van der Waals surface area contributed by atoms with Crippen molar-refractivity contribution in [1.82, 2.24) is 4.90 Å². The van der Waals surface area contributed by atoms with E-state index in [1.54, 1.807) is 42.5 Å².